The Bertz CT molecular complexity index is 1070. The molecule has 0 unspecified atom stereocenters. The highest BCUT2D eigenvalue weighted by atomic mass is 16.5. The maximum atomic E-state index is 5.66. The van der Waals surface area contributed by atoms with Crippen LogP contribution in [0, 0.1) is 0 Å². The third-order valence-electron chi connectivity index (χ3n) is 4.89. The van der Waals surface area contributed by atoms with E-state index in [4.69, 9.17) is 9.47 Å². The first-order valence-electron chi connectivity index (χ1n) is 9.35. The molecule has 4 rings (SSSR count). The molecule has 4 aromatic rings. The average molecular weight is 360 g/mol. The predicted octanol–water partition coefficient (Wildman–Crippen LogP) is 5.11. The van der Waals surface area contributed by atoms with Crippen LogP contribution in [-0.4, -0.2) is 30.3 Å². The molecular weight excluding hydrogens is 336 g/mol. The van der Waals surface area contributed by atoms with Gasteiger partial charge in [0.15, 0.2) is 0 Å². The van der Waals surface area contributed by atoms with E-state index in [9.17, 15) is 0 Å². The molecule has 0 fully saturated rings. The highest BCUT2D eigenvalue weighted by Gasteiger charge is 2.09. The number of rotatable bonds is 7. The van der Waals surface area contributed by atoms with Gasteiger partial charge in [-0.2, -0.15) is 0 Å². The number of benzene rings is 2. The van der Waals surface area contributed by atoms with Gasteiger partial charge in [0, 0.05) is 29.6 Å². The van der Waals surface area contributed by atoms with Crippen molar-refractivity contribution in [1.29, 1.82) is 0 Å². The van der Waals surface area contributed by atoms with Gasteiger partial charge in [0.1, 0.15) is 0 Å². The number of nitrogens with zero attached hydrogens (tertiary/aromatic N) is 1. The van der Waals surface area contributed by atoms with Crippen molar-refractivity contribution in [3.8, 4) is 11.1 Å². The second-order valence-electron chi connectivity index (χ2n) is 6.66. The molecule has 2 aromatic carbocycles. The number of aromatic amines is 1. The summed E-state index contributed by atoms with van der Waals surface area (Å²) in [5.41, 5.74) is 6.98. The van der Waals surface area contributed by atoms with E-state index in [-0.39, 0.29) is 0 Å². The minimum absolute atomic E-state index is 0.595. The number of aryl methyl sites for hydroxylation is 1. The zero-order chi connectivity index (χ0) is 18.6. The van der Waals surface area contributed by atoms with Gasteiger partial charge in [0.2, 0.25) is 0 Å². The number of ether oxygens (including phenoxy) is 2. The van der Waals surface area contributed by atoms with Crippen molar-refractivity contribution in [2.24, 2.45) is 0 Å². The molecule has 0 bridgehead atoms. The van der Waals surface area contributed by atoms with Crippen LogP contribution in [0.2, 0.25) is 0 Å². The van der Waals surface area contributed by atoms with Crippen LogP contribution in [0.1, 0.15) is 18.2 Å². The molecule has 0 radical (unpaired) electrons. The van der Waals surface area contributed by atoms with Crippen molar-refractivity contribution in [3.05, 3.63) is 66.0 Å². The standard InChI is InChI=1S/C23H24N2O2/c1-3-21-23-19(9-10-24-21)20-14-18(7-8-22(20)25-23)17-6-4-5-16(13-17)15-27-12-11-26-2/h4-10,13-14,25H,3,11-12,15H2,1-2H3. The van der Waals surface area contributed by atoms with Crippen molar-refractivity contribution in [2.45, 2.75) is 20.0 Å². The molecule has 138 valence electrons. The number of aromatic nitrogens is 2. The molecule has 4 heteroatoms. The van der Waals surface area contributed by atoms with Gasteiger partial charge in [-0.1, -0.05) is 31.2 Å². The normalized spacial score (nSPS) is 11.5. The van der Waals surface area contributed by atoms with Crippen molar-refractivity contribution < 1.29 is 9.47 Å². The van der Waals surface area contributed by atoms with E-state index in [0.29, 0.717) is 19.8 Å². The summed E-state index contributed by atoms with van der Waals surface area (Å²) in [6, 6.07) is 17.2. The third-order valence-corrected chi connectivity index (χ3v) is 4.89. The number of hydrogen-bond acceptors (Lipinski definition) is 3. The Labute approximate surface area is 159 Å². The number of fused-ring (bicyclic) bond motifs is 3. The van der Waals surface area contributed by atoms with E-state index in [2.05, 4.69) is 65.4 Å². The number of H-pyrrole nitrogens is 1. The summed E-state index contributed by atoms with van der Waals surface area (Å²) in [5.74, 6) is 0. The van der Waals surface area contributed by atoms with E-state index < -0.39 is 0 Å². The highest BCUT2D eigenvalue weighted by molar-refractivity contribution is 6.09. The summed E-state index contributed by atoms with van der Waals surface area (Å²) < 4.78 is 10.7. The molecule has 0 amide bonds. The number of pyridine rings is 1. The van der Waals surface area contributed by atoms with E-state index in [1.54, 1.807) is 7.11 Å². The molecule has 4 nitrogen and oxygen atoms in total. The van der Waals surface area contributed by atoms with Crippen LogP contribution in [-0.2, 0) is 22.5 Å². The van der Waals surface area contributed by atoms with E-state index in [1.807, 2.05) is 6.20 Å². The van der Waals surface area contributed by atoms with Crippen LogP contribution in [0.15, 0.2) is 54.7 Å². The SMILES string of the molecule is CCc1nccc2c1[nH]c1ccc(-c3cccc(COCCOC)c3)cc12. The second kappa shape index (κ2) is 7.91. The maximum Gasteiger partial charge on any atom is 0.0718 e. The molecule has 0 aliphatic rings. The second-order valence-corrected chi connectivity index (χ2v) is 6.66. The van der Waals surface area contributed by atoms with Crippen LogP contribution in [0.3, 0.4) is 0 Å². The van der Waals surface area contributed by atoms with Crippen LogP contribution in [0.4, 0.5) is 0 Å². The Balaban J connectivity index is 1.69. The molecular formula is C23H24N2O2. The van der Waals surface area contributed by atoms with E-state index in [0.717, 1.165) is 23.1 Å². The van der Waals surface area contributed by atoms with Crippen molar-refractivity contribution in [1.82, 2.24) is 9.97 Å². The number of hydrogen-bond donors (Lipinski definition) is 1. The number of nitrogens with one attached hydrogen (secondary N) is 1. The van der Waals surface area contributed by atoms with Gasteiger partial charge in [-0.25, -0.2) is 0 Å². The smallest absolute Gasteiger partial charge is 0.0718 e. The molecule has 0 saturated carbocycles. The molecule has 1 N–H and O–H groups in total. The van der Waals surface area contributed by atoms with Crippen molar-refractivity contribution >= 4 is 21.8 Å². The summed E-state index contributed by atoms with van der Waals surface area (Å²) in [6.07, 6.45) is 2.82. The molecule has 2 aromatic heterocycles. The lowest BCUT2D eigenvalue weighted by atomic mass is 10.0. The van der Waals surface area contributed by atoms with Gasteiger partial charge in [-0.15, -0.1) is 0 Å². The first-order chi connectivity index (χ1) is 13.3. The van der Waals surface area contributed by atoms with Crippen LogP contribution < -0.4 is 0 Å². The van der Waals surface area contributed by atoms with Gasteiger partial charge >= 0.3 is 0 Å². The zero-order valence-electron chi connectivity index (χ0n) is 15.8. The quantitative estimate of drug-likeness (QED) is 0.466. The lowest BCUT2D eigenvalue weighted by Gasteiger charge is -2.07. The van der Waals surface area contributed by atoms with Gasteiger partial charge in [-0.05, 0) is 47.4 Å². The fourth-order valence-corrected chi connectivity index (χ4v) is 3.50. The van der Waals surface area contributed by atoms with E-state index in [1.165, 1.54) is 27.5 Å². The van der Waals surface area contributed by atoms with Crippen molar-refractivity contribution in [2.75, 3.05) is 20.3 Å². The average Bonchev–Trinajstić information content (AvgIpc) is 3.09. The Morgan fingerprint density at radius 1 is 0.963 bits per heavy atom. The topological polar surface area (TPSA) is 47.1 Å². The fraction of sp³-hybridized carbons (Fsp3) is 0.261. The lowest BCUT2D eigenvalue weighted by Crippen LogP contribution is -2.01. The summed E-state index contributed by atoms with van der Waals surface area (Å²) in [7, 11) is 1.68. The molecule has 0 aliphatic heterocycles. The van der Waals surface area contributed by atoms with Crippen LogP contribution in [0.5, 0.6) is 0 Å². The van der Waals surface area contributed by atoms with Crippen LogP contribution >= 0.6 is 0 Å². The van der Waals surface area contributed by atoms with Gasteiger partial charge in [-0.3, -0.25) is 4.98 Å². The fourth-order valence-electron chi connectivity index (χ4n) is 3.50. The van der Waals surface area contributed by atoms with Gasteiger partial charge < -0.3 is 14.5 Å². The molecule has 2 heterocycles. The molecule has 27 heavy (non-hydrogen) atoms. The summed E-state index contributed by atoms with van der Waals surface area (Å²) in [4.78, 5) is 8.03. The summed E-state index contributed by atoms with van der Waals surface area (Å²) in [5, 5.41) is 2.47. The Morgan fingerprint density at radius 2 is 1.85 bits per heavy atom. The Kier molecular flexibility index (Phi) is 5.19. The molecule has 0 spiro atoms. The Hall–Kier alpha value is -2.69. The van der Waals surface area contributed by atoms with Gasteiger partial charge in [0.25, 0.3) is 0 Å². The minimum Gasteiger partial charge on any atom is -0.382 e. The number of methoxy groups -OCH3 is 1. The maximum absolute atomic E-state index is 5.66. The van der Waals surface area contributed by atoms with Crippen molar-refractivity contribution in [3.63, 3.8) is 0 Å². The zero-order valence-corrected chi connectivity index (χ0v) is 15.8. The van der Waals surface area contributed by atoms with Gasteiger partial charge in [0.05, 0.1) is 31.0 Å². The largest absolute Gasteiger partial charge is 0.382 e. The predicted molar refractivity (Wildman–Crippen MR) is 110 cm³/mol. The minimum atomic E-state index is 0.595. The summed E-state index contributed by atoms with van der Waals surface area (Å²) in [6.45, 7) is 3.96. The monoisotopic (exact) mass is 360 g/mol. The molecule has 0 saturated heterocycles. The molecule has 0 aliphatic carbocycles. The molecule has 0 atom stereocenters. The first-order valence-corrected chi connectivity index (χ1v) is 9.35. The Morgan fingerprint density at radius 3 is 2.70 bits per heavy atom. The van der Waals surface area contributed by atoms with E-state index >= 15 is 0 Å². The highest BCUT2D eigenvalue weighted by Crippen LogP contribution is 2.31. The van der Waals surface area contributed by atoms with Crippen LogP contribution in [0.25, 0.3) is 32.9 Å². The first kappa shape index (κ1) is 17.7. The third kappa shape index (κ3) is 3.59. The lowest BCUT2D eigenvalue weighted by molar-refractivity contribution is 0.0617. The summed E-state index contributed by atoms with van der Waals surface area (Å²) >= 11 is 0.